The molecule has 18 heavy (non-hydrogen) atoms. The van der Waals surface area contributed by atoms with Crippen LogP contribution in [0.3, 0.4) is 0 Å². The maximum absolute atomic E-state index is 12.1. The van der Waals surface area contributed by atoms with Crippen LogP contribution in [0, 0.1) is 17.8 Å². The average molecular weight is 318 g/mol. The summed E-state index contributed by atoms with van der Waals surface area (Å²) in [6.07, 6.45) is 6.17. The number of carbonyl (C=O) groups is 1. The molecule has 0 aromatic heterocycles. The third-order valence-corrected chi connectivity index (χ3v) is 5.35. The Morgan fingerprint density at radius 2 is 2.00 bits per heavy atom. The molecule has 4 unspecified atom stereocenters. The topological polar surface area (TPSA) is 38.3 Å². The van der Waals surface area contributed by atoms with Gasteiger partial charge < -0.3 is 10.1 Å². The fraction of sp³-hybridized carbons (Fsp3) is 0.929. The first-order valence-corrected chi connectivity index (χ1v) is 8.29. The summed E-state index contributed by atoms with van der Waals surface area (Å²) in [7, 11) is 0. The molecule has 1 aliphatic heterocycles. The van der Waals surface area contributed by atoms with Gasteiger partial charge in [-0.25, -0.2) is 0 Å². The third kappa shape index (κ3) is 3.47. The van der Waals surface area contributed by atoms with Crippen molar-refractivity contribution in [3.63, 3.8) is 0 Å². The molecule has 1 amide bonds. The molecule has 0 aromatic carbocycles. The van der Waals surface area contributed by atoms with E-state index in [1.807, 2.05) is 6.92 Å². The zero-order valence-corrected chi connectivity index (χ0v) is 12.7. The SMILES string of the molecule is CC1OCCC1C(=O)NCC1CCCCC1CBr. The van der Waals surface area contributed by atoms with Gasteiger partial charge >= 0.3 is 0 Å². The Labute approximate surface area is 118 Å². The molecule has 1 N–H and O–H groups in total. The fourth-order valence-electron chi connectivity index (χ4n) is 3.20. The molecule has 2 aliphatic rings. The first-order valence-electron chi connectivity index (χ1n) is 7.17. The highest BCUT2D eigenvalue weighted by atomic mass is 79.9. The van der Waals surface area contributed by atoms with Crippen molar-refractivity contribution in [3.8, 4) is 0 Å². The van der Waals surface area contributed by atoms with Gasteiger partial charge in [0, 0.05) is 18.5 Å². The summed E-state index contributed by atoms with van der Waals surface area (Å²) in [4.78, 5) is 12.1. The van der Waals surface area contributed by atoms with Crippen molar-refractivity contribution < 1.29 is 9.53 Å². The molecule has 0 radical (unpaired) electrons. The molecule has 1 saturated carbocycles. The Bertz CT molecular complexity index is 285. The van der Waals surface area contributed by atoms with E-state index in [0.717, 1.165) is 30.8 Å². The van der Waals surface area contributed by atoms with Gasteiger partial charge in [0.15, 0.2) is 0 Å². The summed E-state index contributed by atoms with van der Waals surface area (Å²) in [5.74, 6) is 1.64. The quantitative estimate of drug-likeness (QED) is 0.810. The molecule has 3 nitrogen and oxygen atoms in total. The van der Waals surface area contributed by atoms with Crippen LogP contribution in [0.15, 0.2) is 0 Å². The summed E-state index contributed by atoms with van der Waals surface area (Å²) in [5, 5.41) is 4.22. The Morgan fingerprint density at radius 3 is 2.61 bits per heavy atom. The molecular weight excluding hydrogens is 294 g/mol. The number of rotatable bonds is 4. The Balaban J connectivity index is 1.77. The highest BCUT2D eigenvalue weighted by molar-refractivity contribution is 9.09. The second kappa shape index (κ2) is 6.90. The molecule has 2 rings (SSSR count). The molecule has 104 valence electrons. The molecule has 0 bridgehead atoms. The van der Waals surface area contributed by atoms with Gasteiger partial charge in [-0.15, -0.1) is 0 Å². The van der Waals surface area contributed by atoms with Crippen LogP contribution in [-0.2, 0) is 9.53 Å². The maximum Gasteiger partial charge on any atom is 0.225 e. The minimum atomic E-state index is 0.0658. The summed E-state index contributed by atoms with van der Waals surface area (Å²) >= 11 is 3.60. The minimum Gasteiger partial charge on any atom is -0.378 e. The van der Waals surface area contributed by atoms with Crippen molar-refractivity contribution in [2.45, 2.75) is 45.1 Å². The number of carbonyl (C=O) groups excluding carboxylic acids is 1. The van der Waals surface area contributed by atoms with Crippen molar-refractivity contribution in [2.75, 3.05) is 18.5 Å². The van der Waals surface area contributed by atoms with Gasteiger partial charge in [-0.05, 0) is 38.0 Å². The van der Waals surface area contributed by atoms with Crippen LogP contribution in [0.2, 0.25) is 0 Å². The molecular formula is C14H24BrNO2. The van der Waals surface area contributed by atoms with Crippen LogP contribution in [-0.4, -0.2) is 30.5 Å². The molecule has 0 spiro atoms. The molecule has 4 atom stereocenters. The van der Waals surface area contributed by atoms with Gasteiger partial charge in [0.2, 0.25) is 5.91 Å². The molecule has 0 aromatic rings. The number of hydrogen-bond donors (Lipinski definition) is 1. The summed E-state index contributed by atoms with van der Waals surface area (Å²) in [6, 6.07) is 0. The molecule has 1 saturated heterocycles. The highest BCUT2D eigenvalue weighted by Crippen LogP contribution is 2.31. The van der Waals surface area contributed by atoms with Gasteiger partial charge in [-0.3, -0.25) is 4.79 Å². The Hall–Kier alpha value is -0.0900. The smallest absolute Gasteiger partial charge is 0.225 e. The van der Waals surface area contributed by atoms with Crippen LogP contribution in [0.25, 0.3) is 0 Å². The van der Waals surface area contributed by atoms with E-state index in [4.69, 9.17) is 4.74 Å². The minimum absolute atomic E-state index is 0.0658. The Morgan fingerprint density at radius 1 is 1.28 bits per heavy atom. The normalized spacial score (nSPS) is 36.6. The largest absolute Gasteiger partial charge is 0.378 e. The number of nitrogens with one attached hydrogen (secondary N) is 1. The van der Waals surface area contributed by atoms with E-state index < -0.39 is 0 Å². The molecule has 1 aliphatic carbocycles. The van der Waals surface area contributed by atoms with E-state index in [0.29, 0.717) is 5.92 Å². The first-order chi connectivity index (χ1) is 8.72. The average Bonchev–Trinajstić information content (AvgIpc) is 2.82. The van der Waals surface area contributed by atoms with Gasteiger partial charge in [-0.2, -0.15) is 0 Å². The molecule has 1 heterocycles. The number of amides is 1. The van der Waals surface area contributed by atoms with Crippen LogP contribution in [0.1, 0.15) is 39.0 Å². The lowest BCUT2D eigenvalue weighted by atomic mass is 9.80. The van der Waals surface area contributed by atoms with Gasteiger partial charge in [0.05, 0.1) is 12.0 Å². The predicted molar refractivity (Wildman–Crippen MR) is 75.8 cm³/mol. The molecule has 4 heteroatoms. The van der Waals surface area contributed by atoms with Crippen molar-refractivity contribution in [1.82, 2.24) is 5.32 Å². The van der Waals surface area contributed by atoms with Crippen LogP contribution in [0.5, 0.6) is 0 Å². The van der Waals surface area contributed by atoms with Gasteiger partial charge in [0.25, 0.3) is 0 Å². The summed E-state index contributed by atoms with van der Waals surface area (Å²) in [5.41, 5.74) is 0. The van der Waals surface area contributed by atoms with Crippen molar-refractivity contribution in [3.05, 3.63) is 0 Å². The second-order valence-corrected chi connectivity index (χ2v) is 6.32. The lowest BCUT2D eigenvalue weighted by Gasteiger charge is -2.30. The van der Waals surface area contributed by atoms with E-state index in [1.54, 1.807) is 0 Å². The summed E-state index contributed by atoms with van der Waals surface area (Å²) < 4.78 is 5.45. The predicted octanol–water partition coefficient (Wildman–Crippen LogP) is 2.73. The van der Waals surface area contributed by atoms with E-state index in [9.17, 15) is 4.79 Å². The Kier molecular flexibility index (Phi) is 5.49. The van der Waals surface area contributed by atoms with Crippen molar-refractivity contribution in [1.29, 1.82) is 0 Å². The first kappa shape index (κ1) is 14.3. The monoisotopic (exact) mass is 317 g/mol. The van der Waals surface area contributed by atoms with Crippen LogP contribution in [0.4, 0.5) is 0 Å². The standard InChI is InChI=1S/C14H24BrNO2/c1-10-13(6-7-18-10)14(17)16-9-12-5-3-2-4-11(12)8-15/h10-13H,2-9H2,1H3,(H,16,17). The number of halogens is 1. The molecule has 2 fully saturated rings. The van der Waals surface area contributed by atoms with E-state index in [-0.39, 0.29) is 17.9 Å². The fourth-order valence-corrected chi connectivity index (χ4v) is 4.05. The van der Waals surface area contributed by atoms with E-state index >= 15 is 0 Å². The van der Waals surface area contributed by atoms with Crippen molar-refractivity contribution in [2.24, 2.45) is 17.8 Å². The lowest BCUT2D eigenvalue weighted by molar-refractivity contribution is -0.126. The number of ether oxygens (including phenoxy) is 1. The number of hydrogen-bond acceptors (Lipinski definition) is 2. The highest BCUT2D eigenvalue weighted by Gasteiger charge is 2.31. The maximum atomic E-state index is 12.1. The van der Waals surface area contributed by atoms with Crippen LogP contribution < -0.4 is 5.32 Å². The zero-order valence-electron chi connectivity index (χ0n) is 11.2. The third-order valence-electron chi connectivity index (χ3n) is 4.52. The van der Waals surface area contributed by atoms with Gasteiger partial charge in [-0.1, -0.05) is 28.8 Å². The lowest BCUT2D eigenvalue weighted by Crippen LogP contribution is -2.39. The van der Waals surface area contributed by atoms with E-state index in [1.165, 1.54) is 25.7 Å². The van der Waals surface area contributed by atoms with E-state index in [2.05, 4.69) is 21.2 Å². The van der Waals surface area contributed by atoms with Crippen molar-refractivity contribution >= 4 is 21.8 Å². The second-order valence-electron chi connectivity index (χ2n) is 5.68. The zero-order chi connectivity index (χ0) is 13.0. The van der Waals surface area contributed by atoms with Crippen LogP contribution >= 0.6 is 15.9 Å². The van der Waals surface area contributed by atoms with Gasteiger partial charge in [0.1, 0.15) is 0 Å². The number of alkyl halides is 1. The summed E-state index contributed by atoms with van der Waals surface area (Å²) in [6.45, 7) is 3.57.